The van der Waals surface area contributed by atoms with Crippen molar-refractivity contribution < 1.29 is 13.2 Å². The van der Waals surface area contributed by atoms with Gasteiger partial charge in [0.15, 0.2) is 0 Å². The van der Waals surface area contributed by atoms with Gasteiger partial charge in [-0.2, -0.15) is 0 Å². The normalized spacial score (nSPS) is 30.6. The predicted molar refractivity (Wildman–Crippen MR) is 103 cm³/mol. The Morgan fingerprint density at radius 2 is 1.93 bits per heavy atom. The number of carbonyl (C=O) groups excluding carboxylic acids is 1. The molecular formula is C19H26N4O3S. The molecule has 2 saturated heterocycles. The minimum atomic E-state index is -3.55. The third-order valence-corrected chi connectivity index (χ3v) is 7.27. The summed E-state index contributed by atoms with van der Waals surface area (Å²) in [6.45, 7) is 1.85. The molecule has 0 aliphatic carbocycles. The van der Waals surface area contributed by atoms with Crippen molar-refractivity contribution in [2.45, 2.75) is 68.1 Å². The van der Waals surface area contributed by atoms with Crippen LogP contribution in [-0.2, 0) is 14.8 Å². The van der Waals surface area contributed by atoms with Gasteiger partial charge in [-0.15, -0.1) is 0 Å². The monoisotopic (exact) mass is 390 g/mol. The van der Waals surface area contributed by atoms with Crippen molar-refractivity contribution in [1.82, 2.24) is 14.9 Å². The van der Waals surface area contributed by atoms with Crippen LogP contribution in [0.15, 0.2) is 34.2 Å². The molecule has 1 amide bonds. The first kappa shape index (κ1) is 18.4. The fraction of sp³-hybridized carbons (Fsp3) is 0.579. The Kier molecular flexibility index (Phi) is 4.71. The van der Waals surface area contributed by atoms with Gasteiger partial charge in [-0.3, -0.25) is 14.5 Å². The maximum Gasteiger partial charge on any atom is 0.263 e. The van der Waals surface area contributed by atoms with Crippen LogP contribution in [0.25, 0.3) is 0 Å². The fourth-order valence-electron chi connectivity index (χ4n) is 4.44. The van der Waals surface area contributed by atoms with Gasteiger partial charge in [0.1, 0.15) is 5.84 Å². The van der Waals surface area contributed by atoms with E-state index in [2.05, 4.69) is 15.0 Å². The van der Waals surface area contributed by atoms with E-state index in [1.165, 1.54) is 12.8 Å². The molecule has 7 nitrogen and oxygen atoms in total. The highest BCUT2D eigenvalue weighted by Gasteiger charge is 2.36. The maximum absolute atomic E-state index is 12.7. The quantitative estimate of drug-likeness (QED) is 0.809. The summed E-state index contributed by atoms with van der Waals surface area (Å²) in [5, 5.41) is 3.60. The molecule has 2 bridgehead atoms. The summed E-state index contributed by atoms with van der Waals surface area (Å²) in [6, 6.07) is 7.81. The molecule has 2 fully saturated rings. The van der Waals surface area contributed by atoms with Crippen LogP contribution in [0.3, 0.4) is 0 Å². The van der Waals surface area contributed by atoms with Crippen LogP contribution in [0, 0.1) is 0 Å². The SMILES string of the molecule is CC(CC(=O)N(C)C1CC2CCC(C1)N2)N=C1NS(=O)(=O)c2ccccc21. The lowest BCUT2D eigenvalue weighted by atomic mass is 9.98. The smallest absolute Gasteiger partial charge is 0.263 e. The first-order valence-corrected chi connectivity index (χ1v) is 11.0. The Morgan fingerprint density at radius 1 is 1.26 bits per heavy atom. The summed E-state index contributed by atoms with van der Waals surface area (Å²) in [7, 11) is -1.67. The number of amidine groups is 1. The first-order valence-electron chi connectivity index (χ1n) is 9.55. The van der Waals surface area contributed by atoms with Crippen molar-refractivity contribution >= 4 is 21.8 Å². The van der Waals surface area contributed by atoms with Gasteiger partial charge < -0.3 is 10.2 Å². The number of hydrogen-bond donors (Lipinski definition) is 2. The molecule has 27 heavy (non-hydrogen) atoms. The number of sulfonamides is 1. The molecule has 3 unspecified atom stereocenters. The number of hydrogen-bond acceptors (Lipinski definition) is 5. The van der Waals surface area contributed by atoms with E-state index in [0.29, 0.717) is 23.5 Å². The van der Waals surface area contributed by atoms with Crippen molar-refractivity contribution in [2.75, 3.05) is 7.05 Å². The van der Waals surface area contributed by atoms with E-state index < -0.39 is 10.0 Å². The van der Waals surface area contributed by atoms with E-state index in [1.807, 2.05) is 18.9 Å². The van der Waals surface area contributed by atoms with Crippen LogP contribution in [-0.4, -0.2) is 56.3 Å². The number of aliphatic imine (C=N–C) groups is 1. The minimum Gasteiger partial charge on any atom is -0.343 e. The van der Waals surface area contributed by atoms with Gasteiger partial charge in [0.25, 0.3) is 10.0 Å². The largest absolute Gasteiger partial charge is 0.343 e. The molecule has 3 atom stereocenters. The number of amides is 1. The van der Waals surface area contributed by atoms with E-state index in [9.17, 15) is 13.2 Å². The summed E-state index contributed by atoms with van der Waals surface area (Å²) in [6.07, 6.45) is 4.69. The average Bonchev–Trinajstić information content (AvgIpc) is 3.10. The fourth-order valence-corrected chi connectivity index (χ4v) is 5.68. The van der Waals surface area contributed by atoms with Gasteiger partial charge in [-0.25, -0.2) is 8.42 Å². The molecule has 1 aromatic rings. The summed E-state index contributed by atoms with van der Waals surface area (Å²) in [5.74, 6) is 0.390. The predicted octanol–water partition coefficient (Wildman–Crippen LogP) is 1.25. The van der Waals surface area contributed by atoms with E-state index in [1.54, 1.807) is 24.3 Å². The molecule has 0 spiro atoms. The van der Waals surface area contributed by atoms with Gasteiger partial charge in [0.2, 0.25) is 5.91 Å². The lowest BCUT2D eigenvalue weighted by molar-refractivity contribution is -0.132. The van der Waals surface area contributed by atoms with Gasteiger partial charge in [-0.05, 0) is 44.7 Å². The van der Waals surface area contributed by atoms with Crippen LogP contribution in [0.4, 0.5) is 0 Å². The molecular weight excluding hydrogens is 364 g/mol. The second-order valence-electron chi connectivity index (χ2n) is 7.90. The van der Waals surface area contributed by atoms with Crippen molar-refractivity contribution in [3.8, 4) is 0 Å². The maximum atomic E-state index is 12.7. The Balaban J connectivity index is 1.43. The third kappa shape index (κ3) is 3.60. The molecule has 2 N–H and O–H groups in total. The molecule has 3 heterocycles. The number of carbonyl (C=O) groups is 1. The number of fused-ring (bicyclic) bond motifs is 3. The molecule has 8 heteroatoms. The number of nitrogens with zero attached hydrogens (tertiary/aromatic N) is 2. The zero-order chi connectivity index (χ0) is 19.2. The zero-order valence-electron chi connectivity index (χ0n) is 15.7. The van der Waals surface area contributed by atoms with Crippen molar-refractivity contribution in [3.63, 3.8) is 0 Å². The van der Waals surface area contributed by atoms with E-state index in [4.69, 9.17) is 0 Å². The minimum absolute atomic E-state index is 0.0623. The Morgan fingerprint density at radius 3 is 2.63 bits per heavy atom. The van der Waals surface area contributed by atoms with Crippen LogP contribution in [0.1, 0.15) is 44.6 Å². The Bertz CT molecular complexity index is 871. The van der Waals surface area contributed by atoms with Gasteiger partial charge in [0.05, 0.1) is 10.9 Å². The summed E-state index contributed by atoms with van der Waals surface area (Å²) in [5.41, 5.74) is 0.570. The average molecular weight is 391 g/mol. The van der Waals surface area contributed by atoms with Gasteiger partial charge in [0, 0.05) is 37.2 Å². The van der Waals surface area contributed by atoms with Gasteiger partial charge in [-0.1, -0.05) is 12.1 Å². The van der Waals surface area contributed by atoms with Crippen LogP contribution in [0.5, 0.6) is 0 Å². The highest BCUT2D eigenvalue weighted by Crippen LogP contribution is 2.29. The van der Waals surface area contributed by atoms with Crippen molar-refractivity contribution in [1.29, 1.82) is 0 Å². The van der Waals surface area contributed by atoms with E-state index in [0.717, 1.165) is 12.8 Å². The second-order valence-corrected chi connectivity index (χ2v) is 9.55. The highest BCUT2D eigenvalue weighted by molar-refractivity contribution is 7.90. The lowest BCUT2D eigenvalue weighted by Gasteiger charge is -2.35. The topological polar surface area (TPSA) is 90.9 Å². The Hall–Kier alpha value is -1.93. The summed E-state index contributed by atoms with van der Waals surface area (Å²) < 4.78 is 26.9. The number of rotatable bonds is 4. The standard InChI is InChI=1S/C19H26N4O3S/c1-12(20-19-16-5-3-4-6-17(16)27(25,26)22-19)9-18(24)23(2)15-10-13-7-8-14(11-15)21-13/h3-6,12-15,21H,7-11H2,1-2H3,(H,20,22). The Labute approximate surface area is 160 Å². The molecule has 0 radical (unpaired) electrons. The summed E-state index contributed by atoms with van der Waals surface area (Å²) >= 11 is 0. The number of nitrogens with one attached hydrogen (secondary N) is 2. The van der Waals surface area contributed by atoms with Crippen LogP contribution < -0.4 is 10.0 Å². The van der Waals surface area contributed by atoms with Crippen molar-refractivity contribution in [3.05, 3.63) is 29.8 Å². The van der Waals surface area contributed by atoms with Gasteiger partial charge >= 0.3 is 0 Å². The number of piperidine rings is 1. The van der Waals surface area contributed by atoms with E-state index in [-0.39, 0.29) is 29.3 Å². The molecule has 0 saturated carbocycles. The van der Waals surface area contributed by atoms with E-state index >= 15 is 0 Å². The molecule has 3 aliphatic heterocycles. The molecule has 1 aromatic carbocycles. The summed E-state index contributed by atoms with van der Waals surface area (Å²) in [4.78, 5) is 19.3. The molecule has 146 valence electrons. The lowest BCUT2D eigenvalue weighted by Crippen LogP contribution is -2.49. The number of benzene rings is 1. The zero-order valence-corrected chi connectivity index (χ0v) is 16.5. The molecule has 4 rings (SSSR count). The molecule has 0 aromatic heterocycles. The second kappa shape index (κ2) is 6.91. The van der Waals surface area contributed by atoms with Crippen molar-refractivity contribution in [2.24, 2.45) is 4.99 Å². The first-order chi connectivity index (χ1) is 12.8. The van der Waals surface area contributed by atoms with Crippen LogP contribution in [0.2, 0.25) is 0 Å². The highest BCUT2D eigenvalue weighted by atomic mass is 32.2. The molecule has 3 aliphatic rings. The van der Waals surface area contributed by atoms with Crippen LogP contribution >= 0.6 is 0 Å². The third-order valence-electron chi connectivity index (χ3n) is 5.87.